The smallest absolute Gasteiger partial charge is 0.258 e. The summed E-state index contributed by atoms with van der Waals surface area (Å²) in [7, 11) is 1.63. The van der Waals surface area contributed by atoms with Crippen LogP contribution in [0.5, 0.6) is 17.2 Å². The number of carbonyl (C=O) groups is 1. The van der Waals surface area contributed by atoms with Crippen LogP contribution in [-0.2, 0) is 4.79 Å². The second kappa shape index (κ2) is 7.51. The summed E-state index contributed by atoms with van der Waals surface area (Å²) < 4.78 is 17.1. The average Bonchev–Trinajstić information content (AvgIpc) is 2.62. The van der Waals surface area contributed by atoms with Crippen molar-refractivity contribution in [3.8, 4) is 17.2 Å². The van der Waals surface area contributed by atoms with Crippen molar-refractivity contribution in [3.05, 3.63) is 53.1 Å². The largest absolute Gasteiger partial charge is 0.497 e. The zero-order valence-corrected chi connectivity index (χ0v) is 16.6. The van der Waals surface area contributed by atoms with Crippen LogP contribution in [0, 0.1) is 13.8 Å². The molecule has 3 rings (SSSR count). The lowest BCUT2D eigenvalue weighted by Crippen LogP contribution is -2.42. The lowest BCUT2D eigenvalue weighted by molar-refractivity contribution is -0.124. The number of methoxy groups -OCH3 is 1. The maximum atomic E-state index is 12.5. The molecular formula is C22H27NO4. The van der Waals surface area contributed by atoms with Gasteiger partial charge in [0.15, 0.2) is 6.61 Å². The number of aryl methyl sites for hydroxylation is 1. The van der Waals surface area contributed by atoms with E-state index >= 15 is 0 Å². The SMILES string of the molecule is COc1ccc2c(c1)C(NC(=O)COc1cccc(C)c1C)CC(C)(C)O2. The number of nitrogens with one attached hydrogen (secondary N) is 1. The van der Waals surface area contributed by atoms with E-state index in [0.29, 0.717) is 6.42 Å². The van der Waals surface area contributed by atoms with Gasteiger partial charge in [0.2, 0.25) is 0 Å². The van der Waals surface area contributed by atoms with Crippen LogP contribution < -0.4 is 19.5 Å². The van der Waals surface area contributed by atoms with Crippen LogP contribution in [0.1, 0.15) is 43.0 Å². The molecule has 0 radical (unpaired) electrons. The second-order valence-corrected chi connectivity index (χ2v) is 7.58. The highest BCUT2D eigenvalue weighted by atomic mass is 16.5. The van der Waals surface area contributed by atoms with E-state index in [1.54, 1.807) is 7.11 Å². The third-order valence-electron chi connectivity index (χ3n) is 4.92. The zero-order valence-electron chi connectivity index (χ0n) is 16.6. The third kappa shape index (κ3) is 4.35. The minimum atomic E-state index is -0.368. The number of hydrogen-bond donors (Lipinski definition) is 1. The van der Waals surface area contributed by atoms with Crippen molar-refractivity contribution >= 4 is 5.91 Å². The lowest BCUT2D eigenvalue weighted by atomic mass is 9.89. The molecule has 1 aliphatic heterocycles. The van der Waals surface area contributed by atoms with Gasteiger partial charge in [-0.05, 0) is 63.1 Å². The summed E-state index contributed by atoms with van der Waals surface area (Å²) in [6.45, 7) is 8.03. The Hall–Kier alpha value is -2.69. The van der Waals surface area contributed by atoms with Crippen LogP contribution in [0.25, 0.3) is 0 Å². The molecule has 1 amide bonds. The van der Waals surface area contributed by atoms with Crippen LogP contribution in [-0.4, -0.2) is 25.2 Å². The number of rotatable bonds is 5. The summed E-state index contributed by atoms with van der Waals surface area (Å²) in [6, 6.07) is 11.3. The summed E-state index contributed by atoms with van der Waals surface area (Å²) >= 11 is 0. The summed E-state index contributed by atoms with van der Waals surface area (Å²) in [4.78, 5) is 12.5. The first-order valence-corrected chi connectivity index (χ1v) is 9.14. The van der Waals surface area contributed by atoms with E-state index in [4.69, 9.17) is 14.2 Å². The van der Waals surface area contributed by atoms with Crippen molar-refractivity contribution in [2.75, 3.05) is 13.7 Å². The molecule has 144 valence electrons. The molecule has 5 heteroatoms. The van der Waals surface area contributed by atoms with Crippen molar-refractivity contribution in [1.82, 2.24) is 5.32 Å². The first-order valence-electron chi connectivity index (χ1n) is 9.14. The Bertz CT molecular complexity index is 844. The van der Waals surface area contributed by atoms with E-state index in [2.05, 4.69) is 5.32 Å². The quantitative estimate of drug-likeness (QED) is 0.862. The molecule has 5 nitrogen and oxygen atoms in total. The zero-order chi connectivity index (χ0) is 19.6. The monoisotopic (exact) mass is 369 g/mol. The van der Waals surface area contributed by atoms with Gasteiger partial charge in [0.25, 0.3) is 5.91 Å². The van der Waals surface area contributed by atoms with Crippen LogP contribution >= 0.6 is 0 Å². The fourth-order valence-corrected chi connectivity index (χ4v) is 3.35. The summed E-state index contributed by atoms with van der Waals surface area (Å²) in [5.74, 6) is 2.09. The van der Waals surface area contributed by atoms with Crippen molar-refractivity contribution in [1.29, 1.82) is 0 Å². The number of amides is 1. The van der Waals surface area contributed by atoms with E-state index in [9.17, 15) is 4.79 Å². The van der Waals surface area contributed by atoms with E-state index in [-0.39, 0.29) is 24.2 Å². The first-order chi connectivity index (χ1) is 12.8. The number of hydrogen-bond acceptors (Lipinski definition) is 4. The average molecular weight is 369 g/mol. The van der Waals surface area contributed by atoms with Gasteiger partial charge < -0.3 is 19.5 Å². The number of fused-ring (bicyclic) bond motifs is 1. The standard InChI is InChI=1S/C22H27NO4/c1-14-7-6-8-19(15(14)2)26-13-21(24)23-18-12-22(3,4)27-20-10-9-16(25-5)11-17(18)20/h6-11,18H,12-13H2,1-5H3,(H,23,24). The Balaban J connectivity index is 1.72. The molecule has 1 atom stereocenters. The molecule has 0 bridgehead atoms. The van der Waals surface area contributed by atoms with Crippen molar-refractivity contribution in [2.24, 2.45) is 0 Å². The predicted octanol–water partition coefficient (Wildman–Crippen LogP) is 4.11. The Morgan fingerprint density at radius 2 is 2.04 bits per heavy atom. The molecule has 0 fully saturated rings. The number of ether oxygens (including phenoxy) is 3. The van der Waals surface area contributed by atoms with E-state index in [1.165, 1.54) is 0 Å². The van der Waals surface area contributed by atoms with Crippen LogP contribution in [0.15, 0.2) is 36.4 Å². The highest BCUT2D eigenvalue weighted by molar-refractivity contribution is 5.78. The highest BCUT2D eigenvalue weighted by Gasteiger charge is 2.34. The molecule has 27 heavy (non-hydrogen) atoms. The van der Waals surface area contributed by atoms with Gasteiger partial charge in [-0.3, -0.25) is 4.79 Å². The van der Waals surface area contributed by atoms with Crippen molar-refractivity contribution < 1.29 is 19.0 Å². The Morgan fingerprint density at radius 1 is 1.26 bits per heavy atom. The van der Waals surface area contributed by atoms with Gasteiger partial charge >= 0.3 is 0 Å². The number of benzene rings is 2. The van der Waals surface area contributed by atoms with E-state index in [1.807, 2.05) is 64.1 Å². The van der Waals surface area contributed by atoms with E-state index < -0.39 is 0 Å². The Morgan fingerprint density at radius 3 is 2.78 bits per heavy atom. The molecule has 1 N–H and O–H groups in total. The van der Waals surface area contributed by atoms with Crippen LogP contribution in [0.2, 0.25) is 0 Å². The molecular weight excluding hydrogens is 342 g/mol. The summed E-state index contributed by atoms with van der Waals surface area (Å²) in [6.07, 6.45) is 0.669. The van der Waals surface area contributed by atoms with Crippen LogP contribution in [0.3, 0.4) is 0 Å². The maximum absolute atomic E-state index is 12.5. The van der Waals surface area contributed by atoms with E-state index in [0.717, 1.165) is 33.9 Å². The molecule has 0 saturated carbocycles. The van der Waals surface area contributed by atoms with Gasteiger partial charge in [-0.2, -0.15) is 0 Å². The number of carbonyl (C=O) groups excluding carboxylic acids is 1. The molecule has 2 aromatic rings. The Labute approximate surface area is 160 Å². The van der Waals surface area contributed by atoms with Gasteiger partial charge in [0.05, 0.1) is 13.2 Å². The third-order valence-corrected chi connectivity index (χ3v) is 4.92. The van der Waals surface area contributed by atoms with Crippen molar-refractivity contribution in [2.45, 2.75) is 45.8 Å². The minimum absolute atomic E-state index is 0.0264. The second-order valence-electron chi connectivity index (χ2n) is 7.58. The molecule has 1 unspecified atom stereocenters. The maximum Gasteiger partial charge on any atom is 0.258 e. The topological polar surface area (TPSA) is 56.8 Å². The van der Waals surface area contributed by atoms with Gasteiger partial charge in [0.1, 0.15) is 22.8 Å². The molecule has 0 saturated heterocycles. The van der Waals surface area contributed by atoms with Gasteiger partial charge in [-0.25, -0.2) is 0 Å². The highest BCUT2D eigenvalue weighted by Crippen LogP contribution is 2.41. The fourth-order valence-electron chi connectivity index (χ4n) is 3.35. The van der Waals surface area contributed by atoms with Gasteiger partial charge in [0, 0.05) is 12.0 Å². The minimum Gasteiger partial charge on any atom is -0.497 e. The summed E-state index contributed by atoms with van der Waals surface area (Å²) in [5.41, 5.74) is 2.74. The molecule has 2 aromatic carbocycles. The van der Waals surface area contributed by atoms with Crippen LogP contribution in [0.4, 0.5) is 0 Å². The molecule has 0 spiro atoms. The van der Waals surface area contributed by atoms with Gasteiger partial charge in [-0.15, -0.1) is 0 Å². The fraction of sp³-hybridized carbons (Fsp3) is 0.409. The predicted molar refractivity (Wildman–Crippen MR) is 105 cm³/mol. The van der Waals surface area contributed by atoms with Gasteiger partial charge in [-0.1, -0.05) is 12.1 Å². The normalized spacial score (nSPS) is 17.4. The molecule has 1 aliphatic rings. The van der Waals surface area contributed by atoms with Crippen molar-refractivity contribution in [3.63, 3.8) is 0 Å². The Kier molecular flexibility index (Phi) is 5.31. The first kappa shape index (κ1) is 19.1. The molecule has 0 aliphatic carbocycles. The lowest BCUT2D eigenvalue weighted by Gasteiger charge is -2.38. The summed E-state index contributed by atoms with van der Waals surface area (Å²) in [5, 5.41) is 3.09. The molecule has 1 heterocycles. The molecule has 0 aromatic heterocycles.